The van der Waals surface area contributed by atoms with E-state index in [-0.39, 0.29) is 11.5 Å². The summed E-state index contributed by atoms with van der Waals surface area (Å²) >= 11 is 0. The highest BCUT2D eigenvalue weighted by molar-refractivity contribution is 7.89. The van der Waals surface area contributed by atoms with E-state index in [1.54, 1.807) is 14.0 Å². The minimum absolute atomic E-state index is 0.149. The van der Waals surface area contributed by atoms with E-state index in [9.17, 15) is 13.2 Å². The average Bonchev–Trinajstić information content (AvgIpc) is 2.89. The predicted octanol–water partition coefficient (Wildman–Crippen LogP) is 2.84. The van der Waals surface area contributed by atoms with E-state index >= 15 is 0 Å². The van der Waals surface area contributed by atoms with Crippen LogP contribution in [0.25, 0.3) is 11.3 Å². The van der Waals surface area contributed by atoms with Crippen molar-refractivity contribution in [1.29, 1.82) is 0 Å². The zero-order valence-electron chi connectivity index (χ0n) is 19.0. The lowest BCUT2D eigenvalue weighted by molar-refractivity contribution is 0.0526. The molecule has 3 aromatic rings. The van der Waals surface area contributed by atoms with Gasteiger partial charge in [0.15, 0.2) is 5.82 Å². The SMILES string of the molecule is CCOC(=O)c1ccc(S(=O)(=O)N2CCN(c3ccc(-c4cccc(OC)c4)nn3)CC2)cc1. The first-order valence-corrected chi connectivity index (χ1v) is 12.4. The maximum atomic E-state index is 13.0. The number of esters is 1. The molecule has 0 bridgehead atoms. The Morgan fingerprint density at radius 3 is 2.32 bits per heavy atom. The molecule has 0 radical (unpaired) electrons. The molecule has 178 valence electrons. The van der Waals surface area contributed by atoms with Crippen LogP contribution >= 0.6 is 0 Å². The molecule has 9 nitrogen and oxygen atoms in total. The number of anilines is 1. The van der Waals surface area contributed by atoms with Crippen molar-refractivity contribution in [1.82, 2.24) is 14.5 Å². The Labute approximate surface area is 199 Å². The van der Waals surface area contributed by atoms with Gasteiger partial charge in [-0.15, -0.1) is 10.2 Å². The van der Waals surface area contributed by atoms with E-state index in [1.807, 2.05) is 41.3 Å². The van der Waals surface area contributed by atoms with Crippen LogP contribution in [0.15, 0.2) is 65.6 Å². The molecule has 1 aromatic heterocycles. The molecule has 1 fully saturated rings. The number of aromatic nitrogens is 2. The molecular formula is C24H26N4O5S. The molecule has 0 unspecified atom stereocenters. The maximum Gasteiger partial charge on any atom is 0.338 e. The minimum Gasteiger partial charge on any atom is -0.497 e. The van der Waals surface area contributed by atoms with E-state index in [0.717, 1.165) is 17.0 Å². The number of hydrogen-bond acceptors (Lipinski definition) is 8. The summed E-state index contributed by atoms with van der Waals surface area (Å²) in [7, 11) is -2.05. The number of piperazine rings is 1. The Balaban J connectivity index is 1.40. The molecule has 0 atom stereocenters. The topological polar surface area (TPSA) is 102 Å². The second-order valence-electron chi connectivity index (χ2n) is 7.64. The number of carbonyl (C=O) groups is 1. The van der Waals surface area contributed by atoms with Crippen LogP contribution in [-0.4, -0.2) is 68.8 Å². The van der Waals surface area contributed by atoms with Gasteiger partial charge in [-0.3, -0.25) is 0 Å². The number of sulfonamides is 1. The molecule has 1 aliphatic rings. The molecule has 34 heavy (non-hydrogen) atoms. The van der Waals surface area contributed by atoms with Crippen molar-refractivity contribution in [3.05, 3.63) is 66.2 Å². The largest absolute Gasteiger partial charge is 0.497 e. The summed E-state index contributed by atoms with van der Waals surface area (Å²) < 4.78 is 37.7. The van der Waals surface area contributed by atoms with Gasteiger partial charge in [0.25, 0.3) is 0 Å². The third-order valence-corrected chi connectivity index (χ3v) is 7.49. The number of hydrogen-bond donors (Lipinski definition) is 0. The highest BCUT2D eigenvalue weighted by Crippen LogP contribution is 2.24. The van der Waals surface area contributed by atoms with Crippen LogP contribution < -0.4 is 9.64 Å². The van der Waals surface area contributed by atoms with Crippen LogP contribution in [0.4, 0.5) is 5.82 Å². The first-order chi connectivity index (χ1) is 16.4. The fourth-order valence-electron chi connectivity index (χ4n) is 3.71. The van der Waals surface area contributed by atoms with Crippen LogP contribution in [0.3, 0.4) is 0 Å². The number of nitrogens with zero attached hydrogens (tertiary/aromatic N) is 4. The van der Waals surface area contributed by atoms with E-state index in [2.05, 4.69) is 10.2 Å². The molecule has 0 N–H and O–H groups in total. The number of ether oxygens (including phenoxy) is 2. The summed E-state index contributed by atoms with van der Waals surface area (Å²) in [6.45, 7) is 3.61. The summed E-state index contributed by atoms with van der Waals surface area (Å²) in [5, 5.41) is 8.68. The van der Waals surface area contributed by atoms with Crippen molar-refractivity contribution < 1.29 is 22.7 Å². The first kappa shape index (κ1) is 23.7. The Kier molecular flexibility index (Phi) is 7.09. The molecule has 2 aromatic carbocycles. The van der Waals surface area contributed by atoms with Crippen LogP contribution in [0.5, 0.6) is 5.75 Å². The van der Waals surface area contributed by atoms with Crippen LogP contribution in [0.2, 0.25) is 0 Å². The van der Waals surface area contributed by atoms with Gasteiger partial charge < -0.3 is 14.4 Å². The maximum absolute atomic E-state index is 13.0. The summed E-state index contributed by atoms with van der Waals surface area (Å²) in [6, 6.07) is 17.2. The third kappa shape index (κ3) is 5.02. The molecule has 0 aliphatic carbocycles. The van der Waals surface area contributed by atoms with E-state index in [4.69, 9.17) is 9.47 Å². The predicted molar refractivity (Wildman–Crippen MR) is 127 cm³/mol. The molecule has 10 heteroatoms. The highest BCUT2D eigenvalue weighted by atomic mass is 32.2. The Morgan fingerprint density at radius 1 is 0.971 bits per heavy atom. The average molecular weight is 483 g/mol. The Bertz CT molecular complexity index is 1240. The van der Waals surface area contributed by atoms with Gasteiger partial charge in [0.2, 0.25) is 10.0 Å². The van der Waals surface area contributed by atoms with Gasteiger partial charge >= 0.3 is 5.97 Å². The molecule has 4 rings (SSSR count). The molecule has 1 aliphatic heterocycles. The van der Waals surface area contributed by atoms with Crippen molar-refractivity contribution in [2.45, 2.75) is 11.8 Å². The van der Waals surface area contributed by atoms with Crippen molar-refractivity contribution in [2.24, 2.45) is 0 Å². The zero-order chi connectivity index (χ0) is 24.1. The van der Waals surface area contributed by atoms with E-state index in [0.29, 0.717) is 37.6 Å². The fraction of sp³-hybridized carbons (Fsp3) is 0.292. The van der Waals surface area contributed by atoms with Crippen LogP contribution in [-0.2, 0) is 14.8 Å². The minimum atomic E-state index is -3.67. The molecular weight excluding hydrogens is 456 g/mol. The van der Waals surface area contributed by atoms with E-state index < -0.39 is 16.0 Å². The summed E-state index contributed by atoms with van der Waals surface area (Å²) in [4.78, 5) is 14.0. The first-order valence-electron chi connectivity index (χ1n) is 10.9. The molecule has 0 spiro atoms. The smallest absolute Gasteiger partial charge is 0.338 e. The zero-order valence-corrected chi connectivity index (χ0v) is 19.9. The molecule has 0 amide bonds. The summed E-state index contributed by atoms with van der Waals surface area (Å²) in [5.41, 5.74) is 1.96. The normalized spacial score (nSPS) is 14.6. The Morgan fingerprint density at radius 2 is 1.71 bits per heavy atom. The summed E-state index contributed by atoms with van der Waals surface area (Å²) in [5.74, 6) is 0.970. The standard InChI is InChI=1S/C24H26N4O5S/c1-3-33-24(29)18-7-9-21(10-8-18)34(30,31)28-15-13-27(14-16-28)23-12-11-22(25-26-23)19-5-4-6-20(17-19)32-2/h4-12,17H,3,13-16H2,1-2H3. The number of methoxy groups -OCH3 is 1. The van der Waals surface area contributed by atoms with Crippen LogP contribution in [0.1, 0.15) is 17.3 Å². The van der Waals surface area contributed by atoms with Crippen molar-refractivity contribution in [3.8, 4) is 17.0 Å². The fourth-order valence-corrected chi connectivity index (χ4v) is 5.14. The van der Waals surface area contributed by atoms with Crippen molar-refractivity contribution >= 4 is 21.8 Å². The lowest BCUT2D eigenvalue weighted by atomic mass is 10.1. The summed E-state index contributed by atoms with van der Waals surface area (Å²) in [6.07, 6.45) is 0. The molecule has 1 saturated heterocycles. The van der Waals surface area contributed by atoms with Crippen molar-refractivity contribution in [3.63, 3.8) is 0 Å². The van der Waals surface area contributed by atoms with Crippen molar-refractivity contribution in [2.75, 3.05) is 44.8 Å². The van der Waals surface area contributed by atoms with Gasteiger partial charge in [-0.1, -0.05) is 12.1 Å². The van der Waals surface area contributed by atoms with Gasteiger partial charge in [0, 0.05) is 31.7 Å². The second kappa shape index (κ2) is 10.2. The van der Waals surface area contributed by atoms with Crippen LogP contribution in [0, 0.1) is 0 Å². The van der Waals surface area contributed by atoms with Gasteiger partial charge in [0.05, 0.1) is 29.9 Å². The van der Waals surface area contributed by atoms with E-state index in [1.165, 1.54) is 28.6 Å². The van der Waals surface area contributed by atoms with Gasteiger partial charge in [0.1, 0.15) is 5.75 Å². The number of carbonyl (C=O) groups excluding carboxylic acids is 1. The number of benzene rings is 2. The molecule has 2 heterocycles. The highest BCUT2D eigenvalue weighted by Gasteiger charge is 2.29. The van der Waals surface area contributed by atoms with Gasteiger partial charge in [-0.05, 0) is 55.5 Å². The number of rotatable bonds is 7. The second-order valence-corrected chi connectivity index (χ2v) is 9.58. The lowest BCUT2D eigenvalue weighted by Crippen LogP contribution is -2.49. The lowest BCUT2D eigenvalue weighted by Gasteiger charge is -2.34. The van der Waals surface area contributed by atoms with Gasteiger partial charge in [-0.25, -0.2) is 13.2 Å². The third-order valence-electron chi connectivity index (χ3n) is 5.58. The quantitative estimate of drug-likeness (QED) is 0.474. The molecule has 0 saturated carbocycles. The monoisotopic (exact) mass is 482 g/mol. The van der Waals surface area contributed by atoms with Gasteiger partial charge in [-0.2, -0.15) is 4.31 Å². The Hall–Kier alpha value is -3.50.